The number of methoxy groups -OCH3 is 2. The molecule has 1 rings (SSSR count). The van der Waals surface area contributed by atoms with Crippen molar-refractivity contribution in [2.24, 2.45) is 0 Å². The Hall–Kier alpha value is -0.160. The number of likely N-dealkylation sites (tertiary alicyclic amines) is 1. The number of hydrogen-bond acceptors (Lipinski definition) is 4. The molecule has 1 fully saturated rings. The number of aliphatic hydroxyl groups is 1. The first-order valence-electron chi connectivity index (χ1n) is 4.64. The van der Waals surface area contributed by atoms with Crippen LogP contribution in [0.3, 0.4) is 0 Å². The Labute approximate surface area is 79.4 Å². The van der Waals surface area contributed by atoms with Crippen molar-refractivity contribution in [1.82, 2.24) is 4.90 Å². The Morgan fingerprint density at radius 2 is 1.92 bits per heavy atom. The van der Waals surface area contributed by atoms with Crippen LogP contribution in [0.25, 0.3) is 0 Å². The minimum absolute atomic E-state index is 0.179. The maximum absolute atomic E-state index is 9.72. The predicted octanol–water partition coefficient (Wildman–Crippen LogP) is 0.0620. The average molecular weight is 189 g/mol. The third-order valence-electron chi connectivity index (χ3n) is 2.63. The summed E-state index contributed by atoms with van der Waals surface area (Å²) >= 11 is 0. The lowest BCUT2D eigenvalue weighted by Crippen LogP contribution is -2.62. The lowest BCUT2D eigenvalue weighted by atomic mass is 9.91. The van der Waals surface area contributed by atoms with Crippen LogP contribution < -0.4 is 0 Å². The normalized spacial score (nSPS) is 21.9. The highest BCUT2D eigenvalue weighted by molar-refractivity contribution is 4.94. The first kappa shape index (κ1) is 10.9. The molecule has 0 aliphatic carbocycles. The molecule has 1 heterocycles. The molecule has 0 saturated carbocycles. The second-order valence-electron chi connectivity index (χ2n) is 3.65. The smallest absolute Gasteiger partial charge is 0.169 e. The minimum Gasteiger partial charge on any atom is -0.387 e. The van der Waals surface area contributed by atoms with Crippen LogP contribution in [0.4, 0.5) is 0 Å². The van der Waals surface area contributed by atoms with Crippen LogP contribution in [-0.4, -0.2) is 55.8 Å². The summed E-state index contributed by atoms with van der Waals surface area (Å²) in [6.45, 7) is 4.19. The van der Waals surface area contributed by atoms with Gasteiger partial charge in [-0.2, -0.15) is 0 Å². The molecule has 0 bridgehead atoms. The quantitative estimate of drug-likeness (QED) is 0.621. The van der Waals surface area contributed by atoms with E-state index in [0.29, 0.717) is 0 Å². The highest BCUT2D eigenvalue weighted by Gasteiger charge is 2.39. The molecule has 4 heteroatoms. The van der Waals surface area contributed by atoms with Gasteiger partial charge >= 0.3 is 0 Å². The lowest BCUT2D eigenvalue weighted by Gasteiger charge is -2.46. The van der Waals surface area contributed by atoms with Crippen molar-refractivity contribution in [1.29, 1.82) is 0 Å². The van der Waals surface area contributed by atoms with E-state index >= 15 is 0 Å². The Bertz CT molecular complexity index is 153. The van der Waals surface area contributed by atoms with E-state index in [9.17, 15) is 5.11 Å². The van der Waals surface area contributed by atoms with Crippen LogP contribution in [0, 0.1) is 0 Å². The Balaban J connectivity index is 2.20. The van der Waals surface area contributed by atoms with E-state index in [2.05, 4.69) is 4.90 Å². The number of hydrogen-bond donors (Lipinski definition) is 1. The van der Waals surface area contributed by atoms with E-state index in [1.807, 2.05) is 6.92 Å². The molecule has 0 aromatic rings. The van der Waals surface area contributed by atoms with Gasteiger partial charge in [0.1, 0.15) is 0 Å². The second-order valence-corrected chi connectivity index (χ2v) is 3.65. The van der Waals surface area contributed by atoms with Crippen molar-refractivity contribution in [2.75, 3.05) is 33.9 Å². The molecule has 1 N–H and O–H groups in total. The van der Waals surface area contributed by atoms with Crippen molar-refractivity contribution in [3.63, 3.8) is 0 Å². The van der Waals surface area contributed by atoms with Crippen molar-refractivity contribution < 1.29 is 14.6 Å². The molecule has 0 aromatic carbocycles. The molecule has 0 amide bonds. The summed E-state index contributed by atoms with van der Waals surface area (Å²) < 4.78 is 10.1. The van der Waals surface area contributed by atoms with Crippen molar-refractivity contribution in [2.45, 2.75) is 25.2 Å². The zero-order chi connectivity index (χ0) is 9.90. The molecule has 1 saturated heterocycles. The Kier molecular flexibility index (Phi) is 3.67. The number of β-amino-alcohol motifs (C(OH)–C–C–N with tert-alkyl or cyclic N) is 1. The average Bonchev–Trinajstić information content (AvgIpc) is 2.10. The van der Waals surface area contributed by atoms with Gasteiger partial charge in [0.05, 0.1) is 5.60 Å². The Morgan fingerprint density at radius 3 is 2.31 bits per heavy atom. The number of nitrogens with zero attached hydrogens (tertiary/aromatic N) is 1. The van der Waals surface area contributed by atoms with Gasteiger partial charge in [0, 0.05) is 33.9 Å². The van der Waals surface area contributed by atoms with Crippen LogP contribution in [-0.2, 0) is 9.47 Å². The van der Waals surface area contributed by atoms with Crippen LogP contribution in [0.5, 0.6) is 0 Å². The van der Waals surface area contributed by atoms with Crippen molar-refractivity contribution in [3.8, 4) is 0 Å². The largest absolute Gasteiger partial charge is 0.387 e. The molecule has 13 heavy (non-hydrogen) atoms. The summed E-state index contributed by atoms with van der Waals surface area (Å²) in [6.07, 6.45) is 0.634. The molecular formula is C9H19NO3. The first-order valence-corrected chi connectivity index (χ1v) is 4.64. The van der Waals surface area contributed by atoms with Gasteiger partial charge in [0.25, 0.3) is 0 Å². The predicted molar refractivity (Wildman–Crippen MR) is 49.5 cm³/mol. The topological polar surface area (TPSA) is 41.9 Å². The maximum atomic E-state index is 9.72. The number of rotatable bonds is 5. The van der Waals surface area contributed by atoms with Crippen LogP contribution in [0.15, 0.2) is 0 Å². The van der Waals surface area contributed by atoms with Gasteiger partial charge in [0.15, 0.2) is 6.29 Å². The van der Waals surface area contributed by atoms with E-state index in [1.165, 1.54) is 0 Å². The highest BCUT2D eigenvalue weighted by atomic mass is 16.7. The molecule has 4 nitrogen and oxygen atoms in total. The van der Waals surface area contributed by atoms with Gasteiger partial charge in [-0.3, -0.25) is 4.90 Å². The summed E-state index contributed by atoms with van der Waals surface area (Å²) in [6, 6.07) is 0. The fourth-order valence-electron chi connectivity index (χ4n) is 1.59. The van der Waals surface area contributed by atoms with Gasteiger partial charge < -0.3 is 14.6 Å². The molecule has 0 radical (unpaired) electrons. The van der Waals surface area contributed by atoms with E-state index in [1.54, 1.807) is 14.2 Å². The molecule has 78 valence electrons. The molecular weight excluding hydrogens is 170 g/mol. The third-order valence-corrected chi connectivity index (χ3v) is 2.63. The zero-order valence-corrected chi connectivity index (χ0v) is 8.62. The molecule has 0 aromatic heterocycles. The van der Waals surface area contributed by atoms with Crippen molar-refractivity contribution in [3.05, 3.63) is 0 Å². The summed E-state index contributed by atoms with van der Waals surface area (Å²) in [4.78, 5) is 2.13. The summed E-state index contributed by atoms with van der Waals surface area (Å²) in [5, 5.41) is 9.72. The Morgan fingerprint density at radius 1 is 1.38 bits per heavy atom. The maximum Gasteiger partial charge on any atom is 0.169 e. The summed E-state index contributed by atoms with van der Waals surface area (Å²) in [5.74, 6) is 0. The number of ether oxygens (including phenoxy) is 2. The lowest BCUT2D eigenvalue weighted by molar-refractivity contribution is -0.161. The first-order chi connectivity index (χ1) is 6.13. The molecule has 1 aliphatic rings. The standard InChI is InChI=1S/C9H19NO3/c1-4-9(11)6-10(7-9)5-8(12-2)13-3/h8,11H,4-7H2,1-3H3. The van der Waals surface area contributed by atoms with E-state index in [-0.39, 0.29) is 6.29 Å². The van der Waals surface area contributed by atoms with Crippen LogP contribution >= 0.6 is 0 Å². The van der Waals surface area contributed by atoms with Gasteiger partial charge in [-0.25, -0.2) is 0 Å². The van der Waals surface area contributed by atoms with Gasteiger partial charge in [-0.05, 0) is 6.42 Å². The molecule has 1 aliphatic heterocycles. The summed E-state index contributed by atoms with van der Waals surface area (Å²) in [5.41, 5.74) is -0.466. The van der Waals surface area contributed by atoms with E-state index in [4.69, 9.17) is 9.47 Å². The summed E-state index contributed by atoms with van der Waals surface area (Å²) in [7, 11) is 3.25. The van der Waals surface area contributed by atoms with Gasteiger partial charge in [0.2, 0.25) is 0 Å². The molecule has 0 spiro atoms. The van der Waals surface area contributed by atoms with Crippen LogP contribution in [0.1, 0.15) is 13.3 Å². The van der Waals surface area contributed by atoms with E-state index in [0.717, 1.165) is 26.1 Å². The zero-order valence-electron chi connectivity index (χ0n) is 8.62. The van der Waals surface area contributed by atoms with Crippen molar-refractivity contribution >= 4 is 0 Å². The SMILES string of the molecule is CCC1(O)CN(CC(OC)OC)C1. The monoisotopic (exact) mass is 189 g/mol. The van der Waals surface area contributed by atoms with Gasteiger partial charge in [-0.1, -0.05) is 6.92 Å². The van der Waals surface area contributed by atoms with Gasteiger partial charge in [-0.15, -0.1) is 0 Å². The third kappa shape index (κ3) is 2.64. The fraction of sp³-hybridized carbons (Fsp3) is 1.00. The molecule has 0 unspecified atom stereocenters. The molecule has 0 atom stereocenters. The second kappa shape index (κ2) is 4.37. The van der Waals surface area contributed by atoms with Crippen LogP contribution in [0.2, 0.25) is 0 Å². The highest BCUT2D eigenvalue weighted by Crippen LogP contribution is 2.24. The van der Waals surface area contributed by atoms with E-state index < -0.39 is 5.60 Å². The minimum atomic E-state index is -0.466. The fourth-order valence-corrected chi connectivity index (χ4v) is 1.59.